The number of rotatable bonds is 12. The molecule has 0 radical (unpaired) electrons. The Bertz CT molecular complexity index is 626. The minimum Gasteiger partial charge on any atom is -0.354 e. The number of carbonyl (C=O) groups excluding carboxylic acids is 4. The van der Waals surface area contributed by atoms with Crippen molar-refractivity contribution in [2.24, 2.45) is 22.5 Å². The van der Waals surface area contributed by atoms with E-state index in [2.05, 4.69) is 55.9 Å². The van der Waals surface area contributed by atoms with E-state index in [1.165, 1.54) is 6.92 Å². The zero-order valence-corrected chi connectivity index (χ0v) is 20.5. The van der Waals surface area contributed by atoms with Gasteiger partial charge in [-0.1, -0.05) is 48.5 Å². The fourth-order valence-electron chi connectivity index (χ4n) is 2.80. The molecule has 0 fully saturated rings. The summed E-state index contributed by atoms with van der Waals surface area (Å²) in [5.74, 6) is -1.16. The van der Waals surface area contributed by atoms with Crippen molar-refractivity contribution < 1.29 is 19.2 Å². The van der Waals surface area contributed by atoms with Crippen LogP contribution < -0.4 is 27.0 Å². The van der Waals surface area contributed by atoms with E-state index in [0.717, 1.165) is 6.42 Å². The Kier molecular flexibility index (Phi) is 11.6. The Hall–Kier alpha value is -2.32. The van der Waals surface area contributed by atoms with Crippen LogP contribution in [0.3, 0.4) is 0 Å². The summed E-state index contributed by atoms with van der Waals surface area (Å²) < 4.78 is 0. The second kappa shape index (κ2) is 12.5. The van der Waals surface area contributed by atoms with Gasteiger partial charge in [-0.25, -0.2) is 4.79 Å². The highest BCUT2D eigenvalue weighted by Crippen LogP contribution is 2.40. The van der Waals surface area contributed by atoms with Crippen molar-refractivity contribution in [3.63, 3.8) is 0 Å². The highest BCUT2D eigenvalue weighted by molar-refractivity contribution is 5.91. The van der Waals surface area contributed by atoms with Crippen LogP contribution in [0.25, 0.3) is 0 Å². The molecule has 5 amide bonds. The largest absolute Gasteiger partial charge is 0.354 e. The molecule has 0 saturated heterocycles. The summed E-state index contributed by atoms with van der Waals surface area (Å²) in [4.78, 5) is 47.9. The van der Waals surface area contributed by atoms with E-state index in [-0.39, 0.29) is 28.6 Å². The molecule has 0 aliphatic heterocycles. The van der Waals surface area contributed by atoms with Gasteiger partial charge in [-0.15, -0.1) is 0 Å². The second-order valence-electron chi connectivity index (χ2n) is 10.1. The summed E-state index contributed by atoms with van der Waals surface area (Å²) in [6.45, 7) is 16.6. The second-order valence-corrected chi connectivity index (χ2v) is 10.1. The summed E-state index contributed by atoms with van der Waals surface area (Å²) in [7, 11) is 0. The SMILES string of the molecule is CC(=O)N[C@@H](C(=O)N[C@H](CCCNC(N)=O)C(=O)NCCC(C)(C)C(C)(C)C)C(C)C. The standard InChI is InChI=1S/C22H43N5O4/c1-14(2)17(26-15(3)28)19(30)27-16(10-9-12-25-20(23)31)18(29)24-13-11-22(7,8)21(4,5)6/h14,16-17H,9-13H2,1-8H3,(H,24,29)(H,26,28)(H,27,30)(H3,23,25,31)/t16-,17-/m1/s1. The summed E-state index contributed by atoms with van der Waals surface area (Å²) in [6, 6.07) is -2.16. The molecule has 2 atom stereocenters. The van der Waals surface area contributed by atoms with Crippen LogP contribution >= 0.6 is 0 Å². The van der Waals surface area contributed by atoms with Crippen LogP contribution in [0.2, 0.25) is 0 Å². The van der Waals surface area contributed by atoms with Gasteiger partial charge in [0.05, 0.1) is 0 Å². The molecular formula is C22H43N5O4. The van der Waals surface area contributed by atoms with Crippen molar-refractivity contribution >= 4 is 23.8 Å². The highest BCUT2D eigenvalue weighted by Gasteiger charge is 2.33. The molecule has 0 saturated carbocycles. The molecule has 0 aliphatic rings. The van der Waals surface area contributed by atoms with Crippen molar-refractivity contribution in [2.45, 2.75) is 86.7 Å². The van der Waals surface area contributed by atoms with E-state index in [1.807, 2.05) is 13.8 Å². The number of primary amides is 1. The van der Waals surface area contributed by atoms with Crippen LogP contribution in [0.15, 0.2) is 0 Å². The first-order valence-electron chi connectivity index (χ1n) is 11.0. The van der Waals surface area contributed by atoms with E-state index >= 15 is 0 Å². The van der Waals surface area contributed by atoms with Gasteiger partial charge in [0.2, 0.25) is 17.7 Å². The first kappa shape index (κ1) is 28.7. The molecule has 0 unspecified atom stereocenters. The van der Waals surface area contributed by atoms with Crippen LogP contribution in [-0.2, 0) is 14.4 Å². The maximum absolute atomic E-state index is 12.8. The molecule has 9 heteroatoms. The molecule has 9 nitrogen and oxygen atoms in total. The fraction of sp³-hybridized carbons (Fsp3) is 0.818. The van der Waals surface area contributed by atoms with Crippen molar-refractivity contribution in [1.82, 2.24) is 21.3 Å². The van der Waals surface area contributed by atoms with Crippen LogP contribution in [0.4, 0.5) is 4.79 Å². The lowest BCUT2D eigenvalue weighted by atomic mass is 9.67. The number of hydrogen-bond acceptors (Lipinski definition) is 4. The third-order valence-electron chi connectivity index (χ3n) is 5.99. The molecule has 6 N–H and O–H groups in total. The quantitative estimate of drug-likeness (QED) is 0.294. The Morgan fingerprint density at radius 3 is 1.90 bits per heavy atom. The Labute approximate surface area is 187 Å². The zero-order chi connectivity index (χ0) is 24.4. The fourth-order valence-corrected chi connectivity index (χ4v) is 2.80. The van der Waals surface area contributed by atoms with Gasteiger partial charge in [0.25, 0.3) is 0 Å². The number of amides is 5. The van der Waals surface area contributed by atoms with Gasteiger partial charge in [0.1, 0.15) is 12.1 Å². The predicted molar refractivity (Wildman–Crippen MR) is 122 cm³/mol. The van der Waals surface area contributed by atoms with Gasteiger partial charge in [0.15, 0.2) is 0 Å². The normalized spacial score (nSPS) is 13.8. The zero-order valence-electron chi connectivity index (χ0n) is 20.5. The molecule has 0 aromatic rings. The first-order chi connectivity index (χ1) is 14.1. The van der Waals surface area contributed by atoms with Gasteiger partial charge >= 0.3 is 6.03 Å². The lowest BCUT2D eigenvalue weighted by molar-refractivity contribution is -0.132. The minimum absolute atomic E-state index is 0.0125. The molecule has 0 aromatic heterocycles. The van der Waals surface area contributed by atoms with Crippen molar-refractivity contribution in [3.05, 3.63) is 0 Å². The number of hydrogen-bond donors (Lipinski definition) is 5. The number of nitrogens with two attached hydrogens (primary N) is 1. The lowest BCUT2D eigenvalue weighted by Crippen LogP contribution is -2.55. The van der Waals surface area contributed by atoms with Crippen LogP contribution in [0.5, 0.6) is 0 Å². The maximum atomic E-state index is 12.8. The minimum atomic E-state index is -0.782. The molecule has 180 valence electrons. The third kappa shape index (κ3) is 11.0. The van der Waals surface area contributed by atoms with Crippen molar-refractivity contribution in [1.29, 1.82) is 0 Å². The predicted octanol–water partition coefficient (Wildman–Crippen LogP) is 1.66. The van der Waals surface area contributed by atoms with E-state index in [4.69, 9.17) is 5.73 Å². The van der Waals surface area contributed by atoms with Crippen molar-refractivity contribution in [3.8, 4) is 0 Å². The Morgan fingerprint density at radius 2 is 1.45 bits per heavy atom. The molecule has 0 rings (SSSR count). The summed E-state index contributed by atoms with van der Waals surface area (Å²) in [6.07, 6.45) is 1.57. The van der Waals surface area contributed by atoms with Gasteiger partial charge in [-0.05, 0) is 36.0 Å². The van der Waals surface area contributed by atoms with Gasteiger partial charge in [-0.2, -0.15) is 0 Å². The van der Waals surface area contributed by atoms with Crippen molar-refractivity contribution in [2.75, 3.05) is 13.1 Å². The lowest BCUT2D eigenvalue weighted by Gasteiger charge is -2.39. The summed E-state index contributed by atoms with van der Waals surface area (Å²) >= 11 is 0. The summed E-state index contributed by atoms with van der Waals surface area (Å²) in [5.41, 5.74) is 5.16. The third-order valence-corrected chi connectivity index (χ3v) is 5.99. The monoisotopic (exact) mass is 441 g/mol. The number of urea groups is 1. The van der Waals surface area contributed by atoms with E-state index in [9.17, 15) is 19.2 Å². The van der Waals surface area contributed by atoms with E-state index in [1.54, 1.807) is 0 Å². The molecule has 0 aromatic carbocycles. The molecule has 31 heavy (non-hydrogen) atoms. The Balaban J connectivity index is 5.13. The molecule has 0 heterocycles. The van der Waals surface area contributed by atoms with Crippen LogP contribution in [-0.4, -0.2) is 48.9 Å². The van der Waals surface area contributed by atoms with Crippen LogP contribution in [0, 0.1) is 16.7 Å². The number of nitrogens with one attached hydrogen (secondary N) is 4. The summed E-state index contributed by atoms with van der Waals surface area (Å²) in [5, 5.41) is 10.8. The van der Waals surface area contributed by atoms with Gasteiger partial charge < -0.3 is 27.0 Å². The molecule has 0 bridgehead atoms. The van der Waals surface area contributed by atoms with Crippen LogP contribution in [0.1, 0.15) is 74.7 Å². The molecule has 0 aliphatic carbocycles. The van der Waals surface area contributed by atoms with E-state index < -0.39 is 24.0 Å². The number of carbonyl (C=O) groups is 4. The average Bonchev–Trinajstić information content (AvgIpc) is 2.60. The Morgan fingerprint density at radius 1 is 0.871 bits per heavy atom. The average molecular weight is 442 g/mol. The van der Waals surface area contributed by atoms with Gasteiger partial charge in [0, 0.05) is 20.0 Å². The topological polar surface area (TPSA) is 142 Å². The first-order valence-corrected chi connectivity index (χ1v) is 11.0. The molecule has 0 spiro atoms. The highest BCUT2D eigenvalue weighted by atomic mass is 16.2. The smallest absolute Gasteiger partial charge is 0.312 e. The maximum Gasteiger partial charge on any atom is 0.312 e. The van der Waals surface area contributed by atoms with E-state index in [0.29, 0.717) is 25.9 Å². The molecular weight excluding hydrogens is 398 g/mol. The van der Waals surface area contributed by atoms with Gasteiger partial charge in [-0.3, -0.25) is 14.4 Å².